The molecule has 33 heavy (non-hydrogen) atoms. The minimum atomic E-state index is 0.657. The lowest BCUT2D eigenvalue weighted by Gasteiger charge is -2.38. The molecule has 1 aromatic heterocycles. The molecule has 0 radical (unpaired) electrons. The standard InChI is InChI=1S/C27H34N4O2/c1-32-25-13-11-22-12-14-26(29-27(22)28-25)33-20-5-4-15-30-16-18-31(19-17-30)24-10-6-8-21-7-2-3-9-23(21)24/h2-3,7,9-10,12,14H,4-6,8,11,13,15-20H2,1H3. The molecule has 2 aromatic rings. The molecule has 5 rings (SSSR count). The number of ether oxygens (including phenoxy) is 2. The summed E-state index contributed by atoms with van der Waals surface area (Å²) in [5, 5.41) is 0. The summed E-state index contributed by atoms with van der Waals surface area (Å²) in [6.07, 6.45) is 8.70. The number of fused-ring (bicyclic) bond motifs is 2. The Morgan fingerprint density at radius 1 is 0.909 bits per heavy atom. The highest BCUT2D eigenvalue weighted by atomic mass is 16.5. The Hall–Kier alpha value is -2.86. The maximum absolute atomic E-state index is 5.90. The quantitative estimate of drug-likeness (QED) is 0.588. The second-order valence-corrected chi connectivity index (χ2v) is 9.01. The first-order valence-corrected chi connectivity index (χ1v) is 12.3. The van der Waals surface area contributed by atoms with Gasteiger partial charge in [-0.05, 0) is 55.8 Å². The average molecular weight is 447 g/mol. The monoisotopic (exact) mass is 446 g/mol. The van der Waals surface area contributed by atoms with Gasteiger partial charge in [-0.15, -0.1) is 0 Å². The molecule has 1 aromatic carbocycles. The Morgan fingerprint density at radius 2 is 1.79 bits per heavy atom. The number of aliphatic imine (C=N–C) groups is 1. The normalized spacial score (nSPS) is 18.2. The van der Waals surface area contributed by atoms with Crippen LogP contribution in [0.1, 0.15) is 42.4 Å². The number of rotatable bonds is 7. The van der Waals surface area contributed by atoms with Crippen molar-refractivity contribution in [1.29, 1.82) is 0 Å². The number of unbranched alkanes of at least 4 members (excludes halogenated alkanes) is 1. The van der Waals surface area contributed by atoms with Crippen molar-refractivity contribution in [2.45, 2.75) is 38.5 Å². The van der Waals surface area contributed by atoms with Crippen molar-refractivity contribution in [2.24, 2.45) is 4.99 Å². The summed E-state index contributed by atoms with van der Waals surface area (Å²) in [5.74, 6) is 2.14. The maximum atomic E-state index is 5.90. The molecule has 1 aliphatic carbocycles. The van der Waals surface area contributed by atoms with E-state index >= 15 is 0 Å². The van der Waals surface area contributed by atoms with E-state index in [4.69, 9.17) is 9.47 Å². The molecule has 6 nitrogen and oxygen atoms in total. The summed E-state index contributed by atoms with van der Waals surface area (Å²) in [6.45, 7) is 6.31. The first-order chi connectivity index (χ1) is 16.3. The van der Waals surface area contributed by atoms with Gasteiger partial charge in [0.25, 0.3) is 0 Å². The molecule has 0 spiro atoms. The molecule has 0 saturated carbocycles. The number of methoxy groups -OCH3 is 1. The van der Waals surface area contributed by atoms with E-state index in [1.807, 2.05) is 6.07 Å². The number of hydrogen-bond acceptors (Lipinski definition) is 6. The molecule has 0 bridgehead atoms. The summed E-state index contributed by atoms with van der Waals surface area (Å²) >= 11 is 0. The number of allylic oxidation sites excluding steroid dienone is 1. The second kappa shape index (κ2) is 10.4. The molecule has 0 unspecified atom stereocenters. The third-order valence-electron chi connectivity index (χ3n) is 6.88. The van der Waals surface area contributed by atoms with Gasteiger partial charge in [-0.2, -0.15) is 9.98 Å². The number of piperazine rings is 1. The lowest BCUT2D eigenvalue weighted by atomic mass is 9.94. The van der Waals surface area contributed by atoms with E-state index in [-0.39, 0.29) is 0 Å². The van der Waals surface area contributed by atoms with Gasteiger partial charge in [0.1, 0.15) is 0 Å². The Bertz CT molecular complexity index is 1020. The van der Waals surface area contributed by atoms with Crippen LogP contribution in [-0.2, 0) is 17.6 Å². The minimum absolute atomic E-state index is 0.657. The van der Waals surface area contributed by atoms with Crippen LogP contribution in [0.3, 0.4) is 0 Å². The summed E-state index contributed by atoms with van der Waals surface area (Å²) in [4.78, 5) is 14.2. The van der Waals surface area contributed by atoms with Crippen LogP contribution >= 0.6 is 0 Å². The molecule has 3 aliphatic rings. The smallest absolute Gasteiger partial charge is 0.215 e. The van der Waals surface area contributed by atoms with Gasteiger partial charge >= 0.3 is 0 Å². The van der Waals surface area contributed by atoms with Gasteiger partial charge in [0.2, 0.25) is 5.88 Å². The van der Waals surface area contributed by atoms with E-state index in [2.05, 4.69) is 56.2 Å². The predicted molar refractivity (Wildman–Crippen MR) is 132 cm³/mol. The van der Waals surface area contributed by atoms with Crippen molar-refractivity contribution < 1.29 is 9.47 Å². The van der Waals surface area contributed by atoms with Crippen LogP contribution in [0.25, 0.3) is 5.70 Å². The summed E-state index contributed by atoms with van der Waals surface area (Å²) in [5.41, 5.74) is 5.55. The number of pyridine rings is 1. The molecule has 0 N–H and O–H groups in total. The average Bonchev–Trinajstić information content (AvgIpc) is 2.88. The van der Waals surface area contributed by atoms with E-state index in [0.29, 0.717) is 12.5 Å². The summed E-state index contributed by atoms with van der Waals surface area (Å²) in [6, 6.07) is 12.9. The van der Waals surface area contributed by atoms with Gasteiger partial charge in [-0.1, -0.05) is 30.3 Å². The molecular weight excluding hydrogens is 412 g/mol. The van der Waals surface area contributed by atoms with E-state index in [9.17, 15) is 0 Å². The Balaban J connectivity index is 1.03. The Kier molecular flexibility index (Phi) is 6.91. The molecule has 0 amide bonds. The molecule has 2 aliphatic heterocycles. The zero-order valence-electron chi connectivity index (χ0n) is 19.6. The first-order valence-electron chi connectivity index (χ1n) is 12.3. The van der Waals surface area contributed by atoms with Crippen molar-refractivity contribution >= 4 is 17.4 Å². The van der Waals surface area contributed by atoms with E-state index < -0.39 is 0 Å². The van der Waals surface area contributed by atoms with E-state index in [1.165, 1.54) is 23.2 Å². The molecule has 6 heteroatoms. The Labute approximate surface area is 196 Å². The lowest BCUT2D eigenvalue weighted by Crippen LogP contribution is -2.45. The largest absolute Gasteiger partial charge is 0.484 e. The topological polar surface area (TPSA) is 50.2 Å². The van der Waals surface area contributed by atoms with Gasteiger partial charge in [0, 0.05) is 49.9 Å². The molecule has 174 valence electrons. The lowest BCUT2D eigenvalue weighted by molar-refractivity contribution is 0.169. The third-order valence-corrected chi connectivity index (χ3v) is 6.88. The fraction of sp³-hybridized carbons (Fsp3) is 0.481. The zero-order chi connectivity index (χ0) is 22.5. The van der Waals surface area contributed by atoms with Gasteiger partial charge in [0.05, 0.1) is 13.7 Å². The van der Waals surface area contributed by atoms with Gasteiger partial charge in [-0.3, -0.25) is 4.90 Å². The van der Waals surface area contributed by atoms with Crippen molar-refractivity contribution in [2.75, 3.05) is 46.4 Å². The molecule has 3 heterocycles. The molecule has 1 saturated heterocycles. The Morgan fingerprint density at radius 3 is 2.67 bits per heavy atom. The van der Waals surface area contributed by atoms with Crippen LogP contribution in [0.15, 0.2) is 47.5 Å². The zero-order valence-corrected chi connectivity index (χ0v) is 19.6. The minimum Gasteiger partial charge on any atom is -0.484 e. The highest BCUT2D eigenvalue weighted by Gasteiger charge is 2.22. The van der Waals surface area contributed by atoms with Gasteiger partial charge < -0.3 is 14.4 Å². The number of nitrogens with zero attached hydrogens (tertiary/aromatic N) is 4. The number of hydrogen-bond donors (Lipinski definition) is 0. The van der Waals surface area contributed by atoms with Crippen molar-refractivity contribution in [1.82, 2.24) is 14.8 Å². The van der Waals surface area contributed by atoms with Crippen LogP contribution in [-0.4, -0.2) is 67.1 Å². The second-order valence-electron chi connectivity index (χ2n) is 9.01. The highest BCUT2D eigenvalue weighted by Crippen LogP contribution is 2.30. The highest BCUT2D eigenvalue weighted by molar-refractivity contribution is 5.81. The SMILES string of the molecule is COC1=Nc2nc(OCCCCN3CCN(C4=CCCc5ccccc54)CC3)ccc2CC1. The van der Waals surface area contributed by atoms with E-state index in [0.717, 1.165) is 82.1 Å². The van der Waals surface area contributed by atoms with Crippen molar-refractivity contribution in [3.8, 4) is 5.88 Å². The van der Waals surface area contributed by atoms with Crippen LogP contribution < -0.4 is 4.74 Å². The van der Waals surface area contributed by atoms with Crippen LogP contribution in [0.2, 0.25) is 0 Å². The third kappa shape index (κ3) is 5.22. The molecule has 0 atom stereocenters. The number of aromatic nitrogens is 1. The first kappa shape index (κ1) is 22.0. The van der Waals surface area contributed by atoms with Crippen LogP contribution in [0, 0.1) is 0 Å². The van der Waals surface area contributed by atoms with E-state index in [1.54, 1.807) is 7.11 Å². The van der Waals surface area contributed by atoms with Crippen molar-refractivity contribution in [3.05, 3.63) is 59.2 Å². The maximum Gasteiger partial charge on any atom is 0.215 e. The number of aryl methyl sites for hydroxylation is 2. The summed E-state index contributed by atoms with van der Waals surface area (Å²) < 4.78 is 11.2. The van der Waals surface area contributed by atoms with Crippen LogP contribution in [0.5, 0.6) is 5.88 Å². The van der Waals surface area contributed by atoms with Gasteiger partial charge in [0.15, 0.2) is 11.7 Å². The van der Waals surface area contributed by atoms with Gasteiger partial charge in [-0.25, -0.2) is 0 Å². The number of benzene rings is 1. The fourth-order valence-electron chi connectivity index (χ4n) is 4.98. The predicted octanol–water partition coefficient (Wildman–Crippen LogP) is 4.47. The van der Waals surface area contributed by atoms with Crippen LogP contribution in [0.4, 0.5) is 5.82 Å². The summed E-state index contributed by atoms with van der Waals surface area (Å²) in [7, 11) is 1.66. The molecule has 1 fully saturated rings. The fourth-order valence-corrected chi connectivity index (χ4v) is 4.98. The molecular formula is C27H34N4O2. The van der Waals surface area contributed by atoms with Crippen molar-refractivity contribution in [3.63, 3.8) is 0 Å².